The number of hydrogen-bond donors (Lipinski definition) is 1. The largest absolute Gasteiger partial charge is 0.403 e. The van der Waals surface area contributed by atoms with E-state index in [0.29, 0.717) is 14.6 Å². The molecule has 0 bridgehead atoms. The molecular weight excluding hydrogens is 413 g/mol. The lowest BCUT2D eigenvalue weighted by molar-refractivity contribution is 0.102. The molecule has 1 amide bonds. The highest BCUT2D eigenvalue weighted by molar-refractivity contribution is 9.10. The summed E-state index contributed by atoms with van der Waals surface area (Å²) in [6, 6.07) is 8.81. The fraction of sp³-hybridized carbons (Fsp3) is 0. The van der Waals surface area contributed by atoms with Crippen LogP contribution in [0.3, 0.4) is 0 Å². The molecule has 5 nitrogen and oxygen atoms in total. The van der Waals surface area contributed by atoms with Crippen molar-refractivity contribution in [3.63, 3.8) is 0 Å². The van der Waals surface area contributed by atoms with Crippen molar-refractivity contribution in [3.8, 4) is 11.5 Å². The molecule has 1 N–H and O–H groups in total. The highest BCUT2D eigenvalue weighted by Gasteiger charge is 2.17. The van der Waals surface area contributed by atoms with Crippen LogP contribution in [0.2, 0.25) is 8.67 Å². The van der Waals surface area contributed by atoms with Gasteiger partial charge in [0.05, 0.1) is 9.90 Å². The van der Waals surface area contributed by atoms with Gasteiger partial charge in [0.2, 0.25) is 5.89 Å². The molecule has 112 valence electrons. The van der Waals surface area contributed by atoms with Gasteiger partial charge in [-0.25, -0.2) is 0 Å². The van der Waals surface area contributed by atoms with Gasteiger partial charge in [0.1, 0.15) is 4.34 Å². The maximum atomic E-state index is 12.1. The fourth-order valence-corrected chi connectivity index (χ4v) is 3.37. The number of aromatic nitrogens is 2. The zero-order chi connectivity index (χ0) is 15.7. The average Bonchev–Trinajstić information content (AvgIpc) is 3.06. The first-order valence-electron chi connectivity index (χ1n) is 5.88. The minimum atomic E-state index is -0.459. The van der Waals surface area contributed by atoms with Crippen molar-refractivity contribution >= 4 is 62.4 Å². The summed E-state index contributed by atoms with van der Waals surface area (Å²) in [5.41, 5.74) is 1.01. The summed E-state index contributed by atoms with van der Waals surface area (Å²) < 4.78 is 7.07. The molecule has 2 heterocycles. The van der Waals surface area contributed by atoms with E-state index < -0.39 is 5.91 Å². The van der Waals surface area contributed by atoms with Crippen LogP contribution in [-0.4, -0.2) is 16.1 Å². The maximum Gasteiger partial charge on any atom is 0.322 e. The smallest absolute Gasteiger partial charge is 0.322 e. The highest BCUT2D eigenvalue weighted by Crippen LogP contribution is 2.31. The Morgan fingerprint density at radius 2 is 1.95 bits per heavy atom. The molecule has 3 aromatic rings. The zero-order valence-electron chi connectivity index (χ0n) is 10.6. The molecule has 0 spiro atoms. The van der Waals surface area contributed by atoms with E-state index in [1.807, 2.05) is 24.3 Å². The van der Waals surface area contributed by atoms with Gasteiger partial charge in [-0.2, -0.15) is 0 Å². The van der Waals surface area contributed by atoms with Crippen LogP contribution >= 0.6 is 50.5 Å². The fourth-order valence-electron chi connectivity index (χ4n) is 1.64. The van der Waals surface area contributed by atoms with Crippen molar-refractivity contribution in [1.82, 2.24) is 10.2 Å². The standard InChI is InChI=1S/C13H6BrCl2N3O2S/c14-7-3-1-6(2-4-7)12-18-19-13(21-12)17-11(20)8-5-9(15)22-10(8)16/h1-5H,(H,17,19,20). The molecule has 0 saturated carbocycles. The van der Waals surface area contributed by atoms with Crippen LogP contribution < -0.4 is 5.32 Å². The molecule has 0 radical (unpaired) electrons. The lowest BCUT2D eigenvalue weighted by Gasteiger charge is -1.98. The Balaban J connectivity index is 1.78. The molecule has 0 aliphatic heterocycles. The number of carbonyl (C=O) groups excluding carboxylic acids is 1. The van der Waals surface area contributed by atoms with Gasteiger partial charge < -0.3 is 4.42 Å². The third-order valence-corrected chi connectivity index (χ3v) is 4.65. The number of halogens is 3. The molecule has 0 atom stereocenters. The van der Waals surface area contributed by atoms with Gasteiger partial charge in [-0.1, -0.05) is 44.2 Å². The minimum absolute atomic E-state index is 0.0127. The van der Waals surface area contributed by atoms with Crippen LogP contribution in [-0.2, 0) is 0 Å². The van der Waals surface area contributed by atoms with Crippen molar-refractivity contribution in [2.45, 2.75) is 0 Å². The predicted octanol–water partition coefficient (Wildman–Crippen LogP) is 5.12. The quantitative estimate of drug-likeness (QED) is 0.640. The van der Waals surface area contributed by atoms with E-state index >= 15 is 0 Å². The van der Waals surface area contributed by atoms with E-state index in [1.54, 1.807) is 0 Å². The summed E-state index contributed by atoms with van der Waals surface area (Å²) >= 11 is 16.2. The number of rotatable bonds is 3. The van der Waals surface area contributed by atoms with Crippen LogP contribution in [0.5, 0.6) is 0 Å². The van der Waals surface area contributed by atoms with Gasteiger partial charge in [-0.05, 0) is 30.3 Å². The van der Waals surface area contributed by atoms with E-state index in [1.165, 1.54) is 6.07 Å². The van der Waals surface area contributed by atoms with Crippen LogP contribution in [0.25, 0.3) is 11.5 Å². The minimum Gasteiger partial charge on any atom is -0.403 e. The van der Waals surface area contributed by atoms with E-state index in [-0.39, 0.29) is 11.6 Å². The van der Waals surface area contributed by atoms with Crippen molar-refractivity contribution in [1.29, 1.82) is 0 Å². The lowest BCUT2D eigenvalue weighted by Crippen LogP contribution is -2.11. The average molecular weight is 419 g/mol. The number of amides is 1. The number of anilines is 1. The first kappa shape index (κ1) is 15.5. The van der Waals surface area contributed by atoms with Gasteiger partial charge in [0.15, 0.2) is 0 Å². The summed E-state index contributed by atoms with van der Waals surface area (Å²) in [6.07, 6.45) is 0. The molecule has 0 saturated heterocycles. The number of carbonyl (C=O) groups is 1. The highest BCUT2D eigenvalue weighted by atomic mass is 79.9. The van der Waals surface area contributed by atoms with E-state index in [0.717, 1.165) is 21.4 Å². The van der Waals surface area contributed by atoms with Gasteiger partial charge in [-0.3, -0.25) is 10.1 Å². The molecule has 2 aromatic heterocycles. The van der Waals surface area contributed by atoms with E-state index in [9.17, 15) is 4.79 Å². The van der Waals surface area contributed by atoms with Gasteiger partial charge in [-0.15, -0.1) is 16.4 Å². The first-order valence-corrected chi connectivity index (χ1v) is 8.25. The zero-order valence-corrected chi connectivity index (χ0v) is 14.6. The predicted molar refractivity (Wildman–Crippen MR) is 89.7 cm³/mol. The molecule has 3 rings (SSSR count). The Morgan fingerprint density at radius 3 is 2.59 bits per heavy atom. The number of thiophene rings is 1. The Labute approximate surface area is 147 Å². The second-order valence-electron chi connectivity index (χ2n) is 4.11. The number of nitrogens with zero attached hydrogens (tertiary/aromatic N) is 2. The van der Waals surface area contributed by atoms with Gasteiger partial charge in [0.25, 0.3) is 5.91 Å². The molecule has 22 heavy (non-hydrogen) atoms. The molecule has 0 unspecified atom stereocenters. The topological polar surface area (TPSA) is 68.0 Å². The third-order valence-electron chi connectivity index (χ3n) is 2.64. The van der Waals surface area contributed by atoms with Crippen molar-refractivity contribution < 1.29 is 9.21 Å². The number of benzene rings is 1. The van der Waals surface area contributed by atoms with E-state index in [2.05, 4.69) is 31.4 Å². The van der Waals surface area contributed by atoms with E-state index in [4.69, 9.17) is 27.6 Å². The lowest BCUT2D eigenvalue weighted by atomic mass is 10.2. The number of hydrogen-bond acceptors (Lipinski definition) is 5. The molecule has 0 fully saturated rings. The normalized spacial score (nSPS) is 10.7. The summed E-state index contributed by atoms with van der Waals surface area (Å²) in [7, 11) is 0. The Kier molecular flexibility index (Phi) is 4.49. The summed E-state index contributed by atoms with van der Waals surface area (Å²) in [5, 5.41) is 10.2. The summed E-state index contributed by atoms with van der Waals surface area (Å²) in [4.78, 5) is 12.1. The molecule has 1 aromatic carbocycles. The summed E-state index contributed by atoms with van der Waals surface area (Å²) in [5.74, 6) is -0.156. The van der Waals surface area contributed by atoms with Crippen LogP contribution in [0.15, 0.2) is 39.2 Å². The maximum absolute atomic E-state index is 12.1. The van der Waals surface area contributed by atoms with Crippen molar-refractivity contribution in [3.05, 3.63) is 49.0 Å². The summed E-state index contributed by atoms with van der Waals surface area (Å²) in [6.45, 7) is 0. The van der Waals surface area contributed by atoms with Gasteiger partial charge in [0, 0.05) is 10.0 Å². The second-order valence-corrected chi connectivity index (χ2v) is 7.31. The molecular formula is C13H6BrCl2N3O2S. The third kappa shape index (κ3) is 3.33. The SMILES string of the molecule is O=C(Nc1nnc(-c2ccc(Br)cc2)o1)c1cc(Cl)sc1Cl. The first-order chi connectivity index (χ1) is 10.5. The molecule has 0 aliphatic rings. The van der Waals surface area contributed by atoms with Crippen molar-refractivity contribution in [2.75, 3.05) is 5.32 Å². The van der Waals surface area contributed by atoms with Crippen LogP contribution in [0.1, 0.15) is 10.4 Å². The van der Waals surface area contributed by atoms with Gasteiger partial charge >= 0.3 is 6.01 Å². The van der Waals surface area contributed by atoms with Crippen LogP contribution in [0.4, 0.5) is 6.01 Å². The molecule has 0 aliphatic carbocycles. The second kappa shape index (κ2) is 6.37. The Bertz CT molecular complexity index is 832. The molecule has 9 heteroatoms. The van der Waals surface area contributed by atoms with Crippen molar-refractivity contribution in [2.24, 2.45) is 0 Å². The Hall–Kier alpha value is -1.41. The Morgan fingerprint density at radius 1 is 1.23 bits per heavy atom. The monoisotopic (exact) mass is 417 g/mol. The number of nitrogens with one attached hydrogen (secondary N) is 1. The van der Waals surface area contributed by atoms with Crippen LogP contribution in [0, 0.1) is 0 Å².